The van der Waals surface area contributed by atoms with Crippen molar-refractivity contribution >= 4 is 11.9 Å². The number of aliphatic carboxylic acids is 1. The fourth-order valence-corrected chi connectivity index (χ4v) is 3.13. The van der Waals surface area contributed by atoms with E-state index in [2.05, 4.69) is 5.32 Å². The maximum Gasteiger partial charge on any atom is 0.311 e. The first-order valence-electron chi connectivity index (χ1n) is 7.34. The predicted octanol–water partition coefficient (Wildman–Crippen LogP) is 1.23. The lowest BCUT2D eigenvalue weighted by molar-refractivity contribution is -0.148. The molecule has 0 aromatic heterocycles. The van der Waals surface area contributed by atoms with Crippen molar-refractivity contribution in [2.75, 3.05) is 19.6 Å². The number of nitrogens with zero attached hydrogens (tertiary/aromatic N) is 1. The number of likely N-dealkylation sites (tertiary alicyclic amines) is 1. The molecule has 2 unspecified atom stereocenters. The standard InChI is InChI=1S/C14H24N2O3/c1-2-14(13(18)19)7-9-16(10-14)12(17)11-6-4-3-5-8-15-11/h11,15H,2-10H2,1H3,(H,18,19). The molecule has 2 heterocycles. The van der Waals surface area contributed by atoms with E-state index in [-0.39, 0.29) is 11.9 Å². The van der Waals surface area contributed by atoms with Crippen LogP contribution in [0.1, 0.15) is 45.4 Å². The first kappa shape index (κ1) is 14.3. The van der Waals surface area contributed by atoms with Gasteiger partial charge in [0, 0.05) is 13.1 Å². The summed E-state index contributed by atoms with van der Waals surface area (Å²) in [5.41, 5.74) is -0.722. The predicted molar refractivity (Wildman–Crippen MR) is 71.8 cm³/mol. The van der Waals surface area contributed by atoms with Gasteiger partial charge in [-0.2, -0.15) is 0 Å². The highest BCUT2D eigenvalue weighted by Crippen LogP contribution is 2.34. The summed E-state index contributed by atoms with van der Waals surface area (Å²) in [5, 5.41) is 12.7. The Kier molecular flexibility index (Phi) is 4.45. The first-order valence-corrected chi connectivity index (χ1v) is 7.34. The Morgan fingerprint density at radius 2 is 2.16 bits per heavy atom. The summed E-state index contributed by atoms with van der Waals surface area (Å²) in [6.45, 7) is 3.74. The molecule has 2 N–H and O–H groups in total. The van der Waals surface area contributed by atoms with Crippen molar-refractivity contribution in [3.63, 3.8) is 0 Å². The maximum atomic E-state index is 12.4. The topological polar surface area (TPSA) is 69.6 Å². The molecule has 19 heavy (non-hydrogen) atoms. The molecule has 5 nitrogen and oxygen atoms in total. The number of carbonyl (C=O) groups excluding carboxylic acids is 1. The van der Waals surface area contributed by atoms with Crippen LogP contribution in [0.3, 0.4) is 0 Å². The molecule has 5 heteroatoms. The molecule has 0 aromatic carbocycles. The highest BCUT2D eigenvalue weighted by Gasteiger charge is 2.45. The first-order chi connectivity index (χ1) is 9.09. The van der Waals surface area contributed by atoms with Crippen molar-refractivity contribution in [1.82, 2.24) is 10.2 Å². The van der Waals surface area contributed by atoms with Gasteiger partial charge in [-0.05, 0) is 32.2 Å². The molecule has 2 saturated heterocycles. The minimum atomic E-state index is -0.765. The zero-order chi connectivity index (χ0) is 13.9. The third kappa shape index (κ3) is 2.91. The third-order valence-electron chi connectivity index (χ3n) is 4.65. The molecule has 2 atom stereocenters. The third-order valence-corrected chi connectivity index (χ3v) is 4.65. The van der Waals surface area contributed by atoms with Crippen molar-refractivity contribution in [2.45, 2.75) is 51.5 Å². The Labute approximate surface area is 114 Å². The number of rotatable bonds is 3. The van der Waals surface area contributed by atoms with Crippen molar-refractivity contribution in [1.29, 1.82) is 0 Å². The number of carboxylic acid groups (broad SMARTS) is 1. The van der Waals surface area contributed by atoms with E-state index in [1.807, 2.05) is 6.92 Å². The summed E-state index contributed by atoms with van der Waals surface area (Å²) in [6, 6.07) is -0.107. The largest absolute Gasteiger partial charge is 0.481 e. The lowest BCUT2D eigenvalue weighted by atomic mass is 9.84. The zero-order valence-corrected chi connectivity index (χ0v) is 11.7. The molecular formula is C14H24N2O3. The average Bonchev–Trinajstić information content (AvgIpc) is 2.67. The Morgan fingerprint density at radius 3 is 2.79 bits per heavy atom. The highest BCUT2D eigenvalue weighted by atomic mass is 16.4. The van der Waals surface area contributed by atoms with Gasteiger partial charge >= 0.3 is 5.97 Å². The molecule has 0 aromatic rings. The van der Waals surface area contributed by atoms with Crippen LogP contribution >= 0.6 is 0 Å². The van der Waals surface area contributed by atoms with E-state index in [1.165, 1.54) is 6.42 Å². The van der Waals surface area contributed by atoms with E-state index in [9.17, 15) is 14.7 Å². The van der Waals surface area contributed by atoms with Gasteiger partial charge in [-0.25, -0.2) is 0 Å². The van der Waals surface area contributed by atoms with Crippen LogP contribution in [-0.2, 0) is 9.59 Å². The van der Waals surface area contributed by atoms with Gasteiger partial charge in [0.2, 0.25) is 5.91 Å². The summed E-state index contributed by atoms with van der Waals surface area (Å²) >= 11 is 0. The van der Waals surface area contributed by atoms with Gasteiger partial charge in [-0.3, -0.25) is 9.59 Å². The van der Waals surface area contributed by atoms with Crippen LogP contribution in [0.25, 0.3) is 0 Å². The van der Waals surface area contributed by atoms with Gasteiger partial charge in [0.15, 0.2) is 0 Å². The smallest absolute Gasteiger partial charge is 0.311 e. The minimum Gasteiger partial charge on any atom is -0.481 e. The second kappa shape index (κ2) is 5.90. The fourth-order valence-electron chi connectivity index (χ4n) is 3.13. The van der Waals surface area contributed by atoms with E-state index in [0.29, 0.717) is 25.9 Å². The Bertz CT molecular complexity index is 351. The lowest BCUT2D eigenvalue weighted by Gasteiger charge is -2.26. The zero-order valence-electron chi connectivity index (χ0n) is 11.7. The van der Waals surface area contributed by atoms with Crippen LogP contribution < -0.4 is 5.32 Å². The molecule has 0 spiro atoms. The molecule has 108 valence electrons. The molecule has 2 aliphatic heterocycles. The van der Waals surface area contributed by atoms with Crippen LogP contribution in [0.2, 0.25) is 0 Å². The molecule has 2 aliphatic rings. The summed E-state index contributed by atoms with van der Waals surface area (Å²) in [5.74, 6) is -0.669. The number of hydrogen-bond acceptors (Lipinski definition) is 3. The normalized spacial score (nSPS) is 32.1. The van der Waals surface area contributed by atoms with E-state index >= 15 is 0 Å². The highest BCUT2D eigenvalue weighted by molar-refractivity contribution is 5.84. The molecule has 2 rings (SSSR count). The van der Waals surface area contributed by atoms with Gasteiger partial charge in [0.1, 0.15) is 0 Å². The van der Waals surface area contributed by atoms with Gasteiger partial charge in [0.25, 0.3) is 0 Å². The van der Waals surface area contributed by atoms with E-state index in [0.717, 1.165) is 25.8 Å². The molecule has 0 radical (unpaired) electrons. The number of carboxylic acids is 1. The molecule has 0 bridgehead atoms. The monoisotopic (exact) mass is 268 g/mol. The van der Waals surface area contributed by atoms with E-state index in [4.69, 9.17) is 0 Å². The number of nitrogens with one attached hydrogen (secondary N) is 1. The SMILES string of the molecule is CCC1(C(=O)O)CCN(C(=O)C2CCCCCN2)C1. The van der Waals surface area contributed by atoms with Gasteiger partial charge in [0.05, 0.1) is 11.5 Å². The van der Waals surface area contributed by atoms with Crippen LogP contribution in [0.5, 0.6) is 0 Å². The average molecular weight is 268 g/mol. The van der Waals surface area contributed by atoms with Crippen LogP contribution in [0, 0.1) is 5.41 Å². The summed E-state index contributed by atoms with van der Waals surface area (Å²) < 4.78 is 0. The van der Waals surface area contributed by atoms with Gasteiger partial charge in [-0.15, -0.1) is 0 Å². The Balaban J connectivity index is 1.99. The quantitative estimate of drug-likeness (QED) is 0.808. The number of carbonyl (C=O) groups is 2. The number of amides is 1. The molecule has 0 aliphatic carbocycles. The van der Waals surface area contributed by atoms with Crippen LogP contribution in [-0.4, -0.2) is 47.6 Å². The van der Waals surface area contributed by atoms with Crippen molar-refractivity contribution < 1.29 is 14.7 Å². The van der Waals surface area contributed by atoms with E-state index in [1.54, 1.807) is 4.90 Å². The summed E-state index contributed by atoms with van der Waals surface area (Å²) in [4.78, 5) is 25.6. The fraction of sp³-hybridized carbons (Fsp3) is 0.857. The molecular weight excluding hydrogens is 244 g/mol. The number of hydrogen-bond donors (Lipinski definition) is 2. The Hall–Kier alpha value is -1.10. The Morgan fingerprint density at radius 1 is 1.37 bits per heavy atom. The van der Waals surface area contributed by atoms with Gasteiger partial charge < -0.3 is 15.3 Å². The second-order valence-electron chi connectivity index (χ2n) is 5.80. The van der Waals surface area contributed by atoms with Crippen LogP contribution in [0.15, 0.2) is 0 Å². The van der Waals surface area contributed by atoms with Crippen molar-refractivity contribution in [3.8, 4) is 0 Å². The van der Waals surface area contributed by atoms with Gasteiger partial charge in [-0.1, -0.05) is 19.8 Å². The van der Waals surface area contributed by atoms with Crippen molar-refractivity contribution in [3.05, 3.63) is 0 Å². The van der Waals surface area contributed by atoms with Crippen LogP contribution in [0.4, 0.5) is 0 Å². The molecule has 1 amide bonds. The maximum absolute atomic E-state index is 12.4. The van der Waals surface area contributed by atoms with Crippen molar-refractivity contribution in [2.24, 2.45) is 5.41 Å². The van der Waals surface area contributed by atoms with E-state index < -0.39 is 11.4 Å². The second-order valence-corrected chi connectivity index (χ2v) is 5.80. The summed E-state index contributed by atoms with van der Waals surface area (Å²) in [6.07, 6.45) is 5.42. The summed E-state index contributed by atoms with van der Waals surface area (Å²) in [7, 11) is 0. The lowest BCUT2D eigenvalue weighted by Crippen LogP contribution is -2.46. The minimum absolute atomic E-state index is 0.0958. The molecule has 2 fully saturated rings. The molecule has 0 saturated carbocycles.